The van der Waals surface area contributed by atoms with Gasteiger partial charge in [0.25, 0.3) is 0 Å². The number of hydrogen-bond donors (Lipinski definition) is 2. The Morgan fingerprint density at radius 2 is 2.31 bits per heavy atom. The van der Waals surface area contributed by atoms with Crippen molar-refractivity contribution in [3.05, 3.63) is 0 Å². The van der Waals surface area contributed by atoms with Gasteiger partial charge in [-0.3, -0.25) is 11.3 Å². The van der Waals surface area contributed by atoms with E-state index in [0.717, 1.165) is 18.4 Å². The highest BCUT2D eigenvalue weighted by atomic mass is 16.5. The summed E-state index contributed by atoms with van der Waals surface area (Å²) in [5.74, 6) is 7.13. The molecule has 0 radical (unpaired) electrons. The van der Waals surface area contributed by atoms with E-state index < -0.39 is 0 Å². The number of nitrogens with one attached hydrogen (secondary N) is 1. The van der Waals surface area contributed by atoms with Crippen LogP contribution in [0.25, 0.3) is 0 Å². The van der Waals surface area contributed by atoms with Crippen LogP contribution in [0, 0.1) is 11.8 Å². The van der Waals surface area contributed by atoms with Gasteiger partial charge < -0.3 is 4.74 Å². The molecule has 0 aliphatic heterocycles. The Balaban J connectivity index is 2.33. The van der Waals surface area contributed by atoms with Gasteiger partial charge >= 0.3 is 0 Å². The number of methoxy groups -OCH3 is 1. The van der Waals surface area contributed by atoms with Crippen molar-refractivity contribution in [3.8, 4) is 0 Å². The van der Waals surface area contributed by atoms with E-state index in [1.807, 2.05) is 0 Å². The molecule has 0 heterocycles. The highest BCUT2D eigenvalue weighted by Crippen LogP contribution is 2.34. The number of rotatable bonds is 5. The maximum absolute atomic E-state index is 5.50. The van der Waals surface area contributed by atoms with Gasteiger partial charge in [0.1, 0.15) is 0 Å². The highest BCUT2D eigenvalue weighted by Gasteiger charge is 2.29. The smallest absolute Gasteiger partial charge is 0.0632 e. The summed E-state index contributed by atoms with van der Waals surface area (Å²) in [5, 5.41) is 0. The average molecular weight is 186 g/mol. The van der Waals surface area contributed by atoms with E-state index >= 15 is 0 Å². The fraction of sp³-hybridized carbons (Fsp3) is 1.00. The zero-order valence-electron chi connectivity index (χ0n) is 8.75. The summed E-state index contributed by atoms with van der Waals surface area (Å²) >= 11 is 0. The first-order valence-electron chi connectivity index (χ1n) is 5.26. The lowest BCUT2D eigenvalue weighted by atomic mass is 9.97. The SMILES string of the molecule is CCC1CCC(C(COC)NN)C1. The summed E-state index contributed by atoms with van der Waals surface area (Å²) < 4.78 is 5.13. The van der Waals surface area contributed by atoms with Crippen molar-refractivity contribution in [1.82, 2.24) is 5.43 Å². The first kappa shape index (κ1) is 11.0. The van der Waals surface area contributed by atoms with Crippen LogP contribution < -0.4 is 11.3 Å². The van der Waals surface area contributed by atoms with Crippen LogP contribution in [0.5, 0.6) is 0 Å². The molecule has 1 saturated carbocycles. The maximum Gasteiger partial charge on any atom is 0.0632 e. The Labute approximate surface area is 81.0 Å². The van der Waals surface area contributed by atoms with Crippen molar-refractivity contribution in [2.45, 2.75) is 38.6 Å². The normalized spacial score (nSPS) is 30.7. The molecule has 0 bridgehead atoms. The molecule has 3 nitrogen and oxygen atoms in total. The second-order valence-corrected chi connectivity index (χ2v) is 4.08. The molecule has 13 heavy (non-hydrogen) atoms. The summed E-state index contributed by atoms with van der Waals surface area (Å²) in [4.78, 5) is 0. The van der Waals surface area contributed by atoms with Gasteiger partial charge in [0, 0.05) is 13.2 Å². The van der Waals surface area contributed by atoms with Crippen LogP contribution in [0.1, 0.15) is 32.6 Å². The average Bonchev–Trinajstić information content (AvgIpc) is 2.62. The fourth-order valence-corrected chi connectivity index (χ4v) is 2.35. The molecular weight excluding hydrogens is 164 g/mol. The standard InChI is InChI=1S/C10H22N2O/c1-3-8-4-5-9(6-8)10(12-11)7-13-2/h8-10,12H,3-7,11H2,1-2H3. The lowest BCUT2D eigenvalue weighted by molar-refractivity contribution is 0.139. The van der Waals surface area contributed by atoms with E-state index in [9.17, 15) is 0 Å². The lowest BCUT2D eigenvalue weighted by Gasteiger charge is -2.21. The monoisotopic (exact) mass is 186 g/mol. The van der Waals surface area contributed by atoms with E-state index in [1.165, 1.54) is 25.7 Å². The predicted molar refractivity (Wildman–Crippen MR) is 54.1 cm³/mol. The highest BCUT2D eigenvalue weighted by molar-refractivity contribution is 4.82. The summed E-state index contributed by atoms with van der Waals surface area (Å²) in [6.45, 7) is 3.01. The number of ether oxygens (including phenoxy) is 1. The third-order valence-corrected chi connectivity index (χ3v) is 3.29. The molecule has 0 spiro atoms. The van der Waals surface area contributed by atoms with Crippen molar-refractivity contribution in [2.75, 3.05) is 13.7 Å². The van der Waals surface area contributed by atoms with Crippen molar-refractivity contribution in [2.24, 2.45) is 17.7 Å². The molecule has 0 aromatic heterocycles. The number of nitrogens with two attached hydrogens (primary N) is 1. The third-order valence-electron chi connectivity index (χ3n) is 3.29. The Bertz CT molecular complexity index is 141. The predicted octanol–water partition coefficient (Wildman–Crippen LogP) is 1.29. The minimum Gasteiger partial charge on any atom is -0.383 e. The summed E-state index contributed by atoms with van der Waals surface area (Å²) in [7, 11) is 1.73. The van der Waals surface area contributed by atoms with E-state index in [4.69, 9.17) is 10.6 Å². The van der Waals surface area contributed by atoms with Crippen molar-refractivity contribution in [1.29, 1.82) is 0 Å². The van der Waals surface area contributed by atoms with Gasteiger partial charge in [-0.15, -0.1) is 0 Å². The summed E-state index contributed by atoms with van der Waals surface area (Å²) in [5.41, 5.74) is 2.86. The molecule has 1 fully saturated rings. The summed E-state index contributed by atoms with van der Waals surface area (Å²) in [6, 6.07) is 0.349. The van der Waals surface area contributed by atoms with Crippen LogP contribution in [0.2, 0.25) is 0 Å². The Hall–Kier alpha value is -0.120. The van der Waals surface area contributed by atoms with Crippen molar-refractivity contribution in [3.63, 3.8) is 0 Å². The zero-order chi connectivity index (χ0) is 9.68. The maximum atomic E-state index is 5.50. The molecule has 3 N–H and O–H groups in total. The van der Waals surface area contributed by atoms with E-state index in [2.05, 4.69) is 12.3 Å². The number of hydrogen-bond acceptors (Lipinski definition) is 3. The van der Waals surface area contributed by atoms with Gasteiger partial charge in [-0.05, 0) is 24.7 Å². The molecule has 0 aromatic rings. The molecule has 3 atom stereocenters. The van der Waals surface area contributed by atoms with Crippen LogP contribution in [-0.4, -0.2) is 19.8 Å². The molecule has 78 valence electrons. The first-order valence-corrected chi connectivity index (χ1v) is 5.26. The molecule has 0 amide bonds. The largest absolute Gasteiger partial charge is 0.383 e. The summed E-state index contributed by atoms with van der Waals surface area (Å²) in [6.07, 6.45) is 5.29. The van der Waals surface area contributed by atoms with Gasteiger partial charge in [-0.25, -0.2) is 0 Å². The molecule has 3 unspecified atom stereocenters. The first-order chi connectivity index (χ1) is 6.31. The van der Waals surface area contributed by atoms with Crippen LogP contribution >= 0.6 is 0 Å². The molecule has 3 heteroatoms. The molecular formula is C10H22N2O. The van der Waals surface area contributed by atoms with E-state index in [1.54, 1.807) is 7.11 Å². The minimum atomic E-state index is 0.349. The number of hydrazine groups is 1. The Morgan fingerprint density at radius 3 is 2.77 bits per heavy atom. The van der Waals surface area contributed by atoms with E-state index in [-0.39, 0.29) is 0 Å². The van der Waals surface area contributed by atoms with Crippen LogP contribution in [0.4, 0.5) is 0 Å². The second-order valence-electron chi connectivity index (χ2n) is 4.08. The van der Waals surface area contributed by atoms with Gasteiger partial charge in [0.05, 0.1) is 6.61 Å². The van der Waals surface area contributed by atoms with Gasteiger partial charge in [-0.2, -0.15) is 0 Å². The lowest BCUT2D eigenvalue weighted by Crippen LogP contribution is -2.43. The van der Waals surface area contributed by atoms with Gasteiger partial charge in [-0.1, -0.05) is 19.8 Å². The third kappa shape index (κ3) is 2.93. The molecule has 0 aromatic carbocycles. The van der Waals surface area contributed by atoms with Gasteiger partial charge in [0.2, 0.25) is 0 Å². The Kier molecular flexibility index (Phi) is 4.70. The zero-order valence-corrected chi connectivity index (χ0v) is 8.75. The van der Waals surface area contributed by atoms with Crippen molar-refractivity contribution < 1.29 is 4.74 Å². The van der Waals surface area contributed by atoms with Crippen LogP contribution in [-0.2, 0) is 4.74 Å². The molecule has 1 aliphatic carbocycles. The molecule has 1 rings (SSSR count). The van der Waals surface area contributed by atoms with Gasteiger partial charge in [0.15, 0.2) is 0 Å². The fourth-order valence-electron chi connectivity index (χ4n) is 2.35. The van der Waals surface area contributed by atoms with Crippen LogP contribution in [0.15, 0.2) is 0 Å². The van der Waals surface area contributed by atoms with Crippen LogP contribution in [0.3, 0.4) is 0 Å². The molecule has 1 aliphatic rings. The quantitative estimate of drug-likeness (QED) is 0.502. The van der Waals surface area contributed by atoms with Crippen molar-refractivity contribution >= 4 is 0 Å². The van der Waals surface area contributed by atoms with E-state index in [0.29, 0.717) is 6.04 Å². The minimum absolute atomic E-state index is 0.349. The molecule has 0 saturated heterocycles. The Morgan fingerprint density at radius 1 is 1.54 bits per heavy atom. The topological polar surface area (TPSA) is 47.3 Å². The second kappa shape index (κ2) is 5.58.